The van der Waals surface area contributed by atoms with Crippen LogP contribution >= 0.6 is 24.0 Å². The summed E-state index contributed by atoms with van der Waals surface area (Å²) >= 11 is 6.78. The molecule has 4 nitrogen and oxygen atoms in total. The number of amides is 2. The average Bonchev–Trinajstić information content (AvgIpc) is 3.01. The van der Waals surface area contributed by atoms with Crippen LogP contribution in [0.4, 0.5) is 0 Å². The third kappa shape index (κ3) is 5.82. The monoisotopic (exact) mass is 442 g/mol. The van der Waals surface area contributed by atoms with Gasteiger partial charge in [0.15, 0.2) is 0 Å². The molecule has 30 heavy (non-hydrogen) atoms. The molecular formula is C24H30N2O2S2. The van der Waals surface area contributed by atoms with Gasteiger partial charge in [-0.05, 0) is 56.2 Å². The lowest BCUT2D eigenvalue weighted by atomic mass is 9.99. The van der Waals surface area contributed by atoms with Gasteiger partial charge in [0.1, 0.15) is 4.32 Å². The Kier molecular flexibility index (Phi) is 8.28. The van der Waals surface area contributed by atoms with Gasteiger partial charge < -0.3 is 4.90 Å². The highest BCUT2D eigenvalue weighted by molar-refractivity contribution is 8.26. The van der Waals surface area contributed by atoms with Crippen molar-refractivity contribution in [1.29, 1.82) is 0 Å². The van der Waals surface area contributed by atoms with Gasteiger partial charge in [-0.1, -0.05) is 67.3 Å². The van der Waals surface area contributed by atoms with E-state index in [1.165, 1.54) is 18.2 Å². The molecule has 2 heterocycles. The third-order valence-corrected chi connectivity index (χ3v) is 7.00. The van der Waals surface area contributed by atoms with E-state index in [4.69, 9.17) is 12.2 Å². The molecule has 0 aliphatic carbocycles. The number of thioether (sulfide) groups is 1. The SMILES string of the molecule is CCC1CCCCN1C(=O)CCCN1C(=O)/C(=C/C(C)=C/c2ccccc2)SC1=S. The lowest BCUT2D eigenvalue weighted by molar-refractivity contribution is -0.135. The Morgan fingerprint density at radius 1 is 1.27 bits per heavy atom. The number of hydrogen-bond donors (Lipinski definition) is 0. The second-order valence-electron chi connectivity index (χ2n) is 7.88. The lowest BCUT2D eigenvalue weighted by Gasteiger charge is -2.35. The highest BCUT2D eigenvalue weighted by Gasteiger charge is 2.32. The Morgan fingerprint density at radius 3 is 2.77 bits per heavy atom. The van der Waals surface area contributed by atoms with Crippen molar-refractivity contribution in [2.75, 3.05) is 13.1 Å². The van der Waals surface area contributed by atoms with Gasteiger partial charge in [-0.25, -0.2) is 0 Å². The molecule has 0 spiro atoms. The zero-order valence-electron chi connectivity index (χ0n) is 17.8. The Hall–Kier alpha value is -1.92. The number of benzene rings is 1. The third-order valence-electron chi connectivity index (χ3n) is 5.62. The van der Waals surface area contributed by atoms with Crippen LogP contribution in [0.15, 0.2) is 46.9 Å². The summed E-state index contributed by atoms with van der Waals surface area (Å²) in [5.74, 6) is 0.159. The number of carbonyl (C=O) groups excluding carboxylic acids is 2. The molecular weight excluding hydrogens is 412 g/mol. The van der Waals surface area contributed by atoms with E-state index in [0.717, 1.165) is 36.9 Å². The fourth-order valence-corrected chi connectivity index (χ4v) is 5.40. The van der Waals surface area contributed by atoms with E-state index in [2.05, 4.69) is 6.92 Å². The summed E-state index contributed by atoms with van der Waals surface area (Å²) in [6.45, 7) is 5.51. The zero-order valence-corrected chi connectivity index (χ0v) is 19.4. The summed E-state index contributed by atoms with van der Waals surface area (Å²) < 4.78 is 0.579. The van der Waals surface area contributed by atoms with Crippen LogP contribution in [0.1, 0.15) is 57.9 Å². The average molecular weight is 443 g/mol. The first kappa shape index (κ1) is 22.8. The Balaban J connectivity index is 1.55. The second-order valence-corrected chi connectivity index (χ2v) is 9.56. The number of rotatable bonds is 7. The molecule has 1 unspecified atom stereocenters. The first-order chi connectivity index (χ1) is 14.5. The minimum atomic E-state index is -0.0531. The summed E-state index contributed by atoms with van der Waals surface area (Å²) in [6, 6.07) is 10.4. The minimum absolute atomic E-state index is 0.0531. The molecule has 160 valence electrons. The lowest BCUT2D eigenvalue weighted by Crippen LogP contribution is -2.43. The Morgan fingerprint density at radius 2 is 2.03 bits per heavy atom. The number of likely N-dealkylation sites (tertiary alicyclic amines) is 1. The van der Waals surface area contributed by atoms with Crippen LogP contribution in [0.2, 0.25) is 0 Å². The number of carbonyl (C=O) groups is 2. The first-order valence-corrected chi connectivity index (χ1v) is 12.0. The summed E-state index contributed by atoms with van der Waals surface area (Å²) in [4.78, 5) is 29.8. The molecule has 2 aliphatic heterocycles. The quantitative estimate of drug-likeness (QED) is 0.418. The largest absolute Gasteiger partial charge is 0.340 e. The molecule has 0 N–H and O–H groups in total. The van der Waals surface area contributed by atoms with E-state index < -0.39 is 0 Å². The molecule has 2 aliphatic rings. The van der Waals surface area contributed by atoms with Crippen molar-refractivity contribution in [3.63, 3.8) is 0 Å². The molecule has 0 radical (unpaired) electrons. The number of thiocarbonyl (C=S) groups is 1. The molecule has 3 rings (SSSR count). The molecule has 2 saturated heterocycles. The van der Waals surface area contributed by atoms with Gasteiger partial charge in [-0.3, -0.25) is 14.5 Å². The number of hydrogen-bond acceptors (Lipinski definition) is 4. The maximum atomic E-state index is 12.8. The van der Waals surface area contributed by atoms with Crippen LogP contribution < -0.4 is 0 Å². The highest BCUT2D eigenvalue weighted by atomic mass is 32.2. The van der Waals surface area contributed by atoms with Gasteiger partial charge in [-0.15, -0.1) is 0 Å². The van der Waals surface area contributed by atoms with Gasteiger partial charge in [-0.2, -0.15) is 0 Å². The molecule has 2 fully saturated rings. The van der Waals surface area contributed by atoms with Gasteiger partial charge in [0.2, 0.25) is 5.91 Å². The maximum Gasteiger partial charge on any atom is 0.266 e. The highest BCUT2D eigenvalue weighted by Crippen LogP contribution is 2.32. The normalized spacial score (nSPS) is 21.6. The van der Waals surface area contributed by atoms with Crippen LogP contribution in [0.3, 0.4) is 0 Å². The van der Waals surface area contributed by atoms with E-state index in [1.54, 1.807) is 4.90 Å². The van der Waals surface area contributed by atoms with Crippen molar-refractivity contribution in [2.45, 2.75) is 58.4 Å². The predicted octanol–water partition coefficient (Wildman–Crippen LogP) is 5.41. The number of nitrogens with zero attached hydrogens (tertiary/aromatic N) is 2. The van der Waals surface area contributed by atoms with Crippen LogP contribution in [0.5, 0.6) is 0 Å². The predicted molar refractivity (Wildman–Crippen MR) is 129 cm³/mol. The summed E-state index contributed by atoms with van der Waals surface area (Å²) in [7, 11) is 0. The molecule has 0 bridgehead atoms. The molecule has 6 heteroatoms. The van der Waals surface area contributed by atoms with E-state index in [-0.39, 0.29) is 11.8 Å². The van der Waals surface area contributed by atoms with Gasteiger partial charge >= 0.3 is 0 Å². The summed E-state index contributed by atoms with van der Waals surface area (Å²) in [5, 5.41) is 0. The molecule has 1 atom stereocenters. The Labute approximate surface area is 189 Å². The van der Waals surface area contributed by atoms with Crippen molar-refractivity contribution >= 4 is 46.2 Å². The first-order valence-electron chi connectivity index (χ1n) is 10.8. The van der Waals surface area contributed by atoms with Gasteiger partial charge in [0.25, 0.3) is 5.91 Å². The van der Waals surface area contributed by atoms with Crippen LogP contribution in [0.25, 0.3) is 6.08 Å². The number of piperidine rings is 1. The fraction of sp³-hybridized carbons (Fsp3) is 0.458. The smallest absolute Gasteiger partial charge is 0.266 e. The molecule has 2 amide bonds. The van der Waals surface area contributed by atoms with E-state index in [1.807, 2.05) is 54.3 Å². The van der Waals surface area contributed by atoms with Gasteiger partial charge in [0, 0.05) is 25.6 Å². The summed E-state index contributed by atoms with van der Waals surface area (Å²) in [5.41, 5.74) is 2.11. The van der Waals surface area contributed by atoms with Crippen molar-refractivity contribution in [3.8, 4) is 0 Å². The topological polar surface area (TPSA) is 40.6 Å². The maximum absolute atomic E-state index is 12.8. The van der Waals surface area contributed by atoms with Gasteiger partial charge in [0.05, 0.1) is 4.91 Å². The molecule has 1 aromatic rings. The van der Waals surface area contributed by atoms with Crippen molar-refractivity contribution in [1.82, 2.24) is 9.80 Å². The fourth-order valence-electron chi connectivity index (χ4n) is 4.04. The molecule has 0 saturated carbocycles. The molecule has 0 aromatic heterocycles. The van der Waals surface area contributed by atoms with Crippen molar-refractivity contribution in [3.05, 3.63) is 52.4 Å². The standard InChI is InChI=1S/C24H30N2O2S2/c1-3-20-12-7-8-14-25(20)22(27)13-9-15-26-23(28)21(30-24(26)29)17-18(2)16-19-10-5-4-6-11-19/h4-6,10-11,16-17,20H,3,7-9,12-15H2,1-2H3/b18-16+,21-17-. The van der Waals surface area contributed by atoms with E-state index in [9.17, 15) is 9.59 Å². The van der Waals surface area contributed by atoms with E-state index >= 15 is 0 Å². The second kappa shape index (κ2) is 10.9. The van der Waals surface area contributed by atoms with Crippen LogP contribution in [-0.4, -0.2) is 45.1 Å². The van der Waals surface area contributed by atoms with Crippen molar-refractivity contribution < 1.29 is 9.59 Å². The molecule has 1 aromatic carbocycles. The number of allylic oxidation sites excluding steroid dienone is 2. The van der Waals surface area contributed by atoms with E-state index in [0.29, 0.717) is 34.7 Å². The zero-order chi connectivity index (χ0) is 21.5. The van der Waals surface area contributed by atoms with Crippen LogP contribution in [0, 0.1) is 0 Å². The minimum Gasteiger partial charge on any atom is -0.340 e. The summed E-state index contributed by atoms with van der Waals surface area (Å²) in [6.07, 6.45) is 9.49. The van der Waals surface area contributed by atoms with Crippen LogP contribution in [-0.2, 0) is 9.59 Å². The van der Waals surface area contributed by atoms with Crippen molar-refractivity contribution in [2.24, 2.45) is 0 Å². The Bertz CT molecular complexity index is 848.